The van der Waals surface area contributed by atoms with Crippen molar-refractivity contribution in [3.05, 3.63) is 39.1 Å². The second-order valence-corrected chi connectivity index (χ2v) is 16.3. The van der Waals surface area contributed by atoms with Crippen molar-refractivity contribution in [2.45, 2.75) is 53.2 Å². The Morgan fingerprint density at radius 2 is 1.97 bits per heavy atom. The number of benzene rings is 1. The predicted molar refractivity (Wildman–Crippen MR) is 157 cm³/mol. The third kappa shape index (κ3) is 7.41. The first-order valence-electron chi connectivity index (χ1n) is 13.0. The SMILES string of the molecule is CO[C@]1(C)C[C@H](O)OC(C)I1OCCNCCOCCNc1cc2c(=O)c(C(=O)O)cn(C3CC3)c2cc1Cl. The molecule has 1 saturated heterocycles. The van der Waals surface area contributed by atoms with Crippen molar-refractivity contribution in [3.63, 3.8) is 0 Å². The summed E-state index contributed by atoms with van der Waals surface area (Å²) in [6, 6.07) is 3.55. The Balaban J connectivity index is 1.18. The Bertz CT molecular complexity index is 1230. The third-order valence-electron chi connectivity index (χ3n) is 6.73. The van der Waals surface area contributed by atoms with Crippen molar-refractivity contribution >= 4 is 54.4 Å². The van der Waals surface area contributed by atoms with Gasteiger partial charge in [-0.25, -0.2) is 4.79 Å². The number of ether oxygens (including phenoxy) is 3. The maximum atomic E-state index is 12.8. The molecule has 0 spiro atoms. The first-order valence-corrected chi connectivity index (χ1v) is 16.6. The quantitative estimate of drug-likeness (QED) is 0.133. The van der Waals surface area contributed by atoms with Crippen LogP contribution >= 0.6 is 31.8 Å². The number of rotatable bonds is 14. The number of methoxy groups -OCH3 is 1. The van der Waals surface area contributed by atoms with Gasteiger partial charge in [-0.15, -0.1) is 0 Å². The standard InChI is InChI=1S/C26H37ClIN3O8/c1-16-28(26(2,36-3)14-23(32)39-16)38-11-7-29-6-9-37-10-8-30-21-12-18-22(13-20(21)27)31(17-4-5-17)15-19(24(18)33)25(34)35/h12-13,15-17,23,29-30,32H,4-11,14H2,1-3H3,(H,34,35)/t16?,23-,26-/m1/s1. The summed E-state index contributed by atoms with van der Waals surface area (Å²) < 4.78 is 24.3. The molecule has 4 N–H and O–H groups in total. The van der Waals surface area contributed by atoms with Crippen LogP contribution in [0.1, 0.15) is 49.5 Å². The topological polar surface area (TPSA) is 141 Å². The van der Waals surface area contributed by atoms with Crippen molar-refractivity contribution in [1.82, 2.24) is 9.88 Å². The van der Waals surface area contributed by atoms with Gasteiger partial charge in [0.15, 0.2) is 0 Å². The summed E-state index contributed by atoms with van der Waals surface area (Å²) in [4.78, 5) is 24.4. The van der Waals surface area contributed by atoms with Gasteiger partial charge in [-0.05, 0) is 18.9 Å². The maximum absolute atomic E-state index is 12.8. The Labute approximate surface area is 240 Å². The fraction of sp³-hybridized carbons (Fsp3) is 0.615. The van der Waals surface area contributed by atoms with E-state index in [-0.39, 0.29) is 15.7 Å². The zero-order valence-corrected chi connectivity index (χ0v) is 25.3. The number of nitrogens with one attached hydrogen (secondary N) is 2. The summed E-state index contributed by atoms with van der Waals surface area (Å²) >= 11 is 4.41. The number of nitrogens with zero attached hydrogens (tertiary/aromatic N) is 1. The van der Waals surface area contributed by atoms with E-state index >= 15 is 0 Å². The average Bonchev–Trinajstić information content (AvgIpc) is 3.72. The normalized spacial score (nSPS) is 24.3. The molecule has 4 rings (SSSR count). The molecule has 0 amide bonds. The second-order valence-electron chi connectivity index (χ2n) is 9.69. The van der Waals surface area contributed by atoms with Crippen molar-refractivity contribution in [3.8, 4) is 0 Å². The molecule has 1 aliphatic heterocycles. The van der Waals surface area contributed by atoms with Gasteiger partial charge in [0.25, 0.3) is 0 Å². The molecule has 1 aromatic heterocycles. The van der Waals surface area contributed by atoms with Crippen LogP contribution in [0.15, 0.2) is 23.1 Å². The molecule has 1 unspecified atom stereocenters. The summed E-state index contributed by atoms with van der Waals surface area (Å²) in [6.45, 7) is 7.16. The average molecular weight is 682 g/mol. The smallest absolute Gasteiger partial charge is 0.477 e. The minimum atomic E-state index is -2.08. The van der Waals surface area contributed by atoms with Crippen LogP contribution in [0.25, 0.3) is 10.9 Å². The Morgan fingerprint density at radius 3 is 2.67 bits per heavy atom. The first-order chi connectivity index (χ1) is 18.6. The van der Waals surface area contributed by atoms with Gasteiger partial charge in [0.1, 0.15) is 5.56 Å². The van der Waals surface area contributed by atoms with E-state index in [1.807, 2.05) is 18.4 Å². The van der Waals surface area contributed by atoms with E-state index in [1.54, 1.807) is 19.2 Å². The Morgan fingerprint density at radius 1 is 1.26 bits per heavy atom. The van der Waals surface area contributed by atoms with Crippen LogP contribution in [-0.2, 0) is 17.3 Å². The van der Waals surface area contributed by atoms with Crippen LogP contribution in [0, 0.1) is 0 Å². The number of hydrogen-bond acceptors (Lipinski definition) is 9. The number of halogens is 2. The fourth-order valence-corrected chi connectivity index (χ4v) is 10.3. The molecule has 1 saturated carbocycles. The molecule has 39 heavy (non-hydrogen) atoms. The van der Waals surface area contributed by atoms with E-state index in [4.69, 9.17) is 28.9 Å². The number of alkyl halides is 2. The van der Waals surface area contributed by atoms with E-state index < -0.39 is 41.5 Å². The first kappa shape index (κ1) is 30.4. The molecule has 218 valence electrons. The molecule has 13 heteroatoms. The monoisotopic (exact) mass is 681 g/mol. The second kappa shape index (κ2) is 13.4. The van der Waals surface area contributed by atoms with Gasteiger partial charge in [-0.1, -0.05) is 11.6 Å². The van der Waals surface area contributed by atoms with Crippen LogP contribution < -0.4 is 16.1 Å². The van der Waals surface area contributed by atoms with E-state index in [1.165, 1.54) is 6.20 Å². The summed E-state index contributed by atoms with van der Waals surface area (Å²) in [5, 5.41) is 26.6. The van der Waals surface area contributed by atoms with Crippen molar-refractivity contribution in [2.24, 2.45) is 0 Å². The number of carboxylic acids is 1. The van der Waals surface area contributed by atoms with Gasteiger partial charge in [-0.3, -0.25) is 4.79 Å². The third-order valence-corrected chi connectivity index (χ3v) is 13.2. The zero-order chi connectivity index (χ0) is 28.2. The molecule has 2 fully saturated rings. The summed E-state index contributed by atoms with van der Waals surface area (Å²) in [7, 11) is 1.65. The molecular formula is C26H37ClIN3O8. The van der Waals surface area contributed by atoms with Gasteiger partial charge in [0, 0.05) is 17.6 Å². The van der Waals surface area contributed by atoms with E-state index in [0.717, 1.165) is 12.8 Å². The van der Waals surface area contributed by atoms with Gasteiger partial charge in [0.05, 0.1) is 5.52 Å². The fourth-order valence-electron chi connectivity index (χ4n) is 4.52. The number of hydrogen-bond donors (Lipinski definition) is 4. The molecule has 3 atom stereocenters. The number of aliphatic hydroxyl groups excluding tert-OH is 1. The minimum absolute atomic E-state index is 0.131. The van der Waals surface area contributed by atoms with Crippen LogP contribution in [0.3, 0.4) is 0 Å². The molecular weight excluding hydrogens is 645 g/mol. The summed E-state index contributed by atoms with van der Waals surface area (Å²) in [5.74, 6) is -1.23. The van der Waals surface area contributed by atoms with Gasteiger partial charge < -0.3 is 9.67 Å². The van der Waals surface area contributed by atoms with E-state index in [0.29, 0.717) is 67.5 Å². The molecule has 2 aliphatic rings. The number of pyridine rings is 1. The minimum Gasteiger partial charge on any atom is -0.477 e. The molecule has 2 aromatic rings. The molecule has 1 aromatic carbocycles. The number of carboxylic acid groups (broad SMARTS) is 1. The van der Waals surface area contributed by atoms with Gasteiger partial charge in [-0.2, -0.15) is 0 Å². The number of aromatic nitrogens is 1. The van der Waals surface area contributed by atoms with E-state index in [9.17, 15) is 19.8 Å². The molecule has 2 heterocycles. The van der Waals surface area contributed by atoms with Gasteiger partial charge >= 0.3 is 157 Å². The number of anilines is 1. The summed E-state index contributed by atoms with van der Waals surface area (Å²) in [5.41, 5.74) is 0.455. The zero-order valence-electron chi connectivity index (χ0n) is 22.4. The Hall–Kier alpha value is -1.52. The van der Waals surface area contributed by atoms with Crippen LogP contribution in [0.2, 0.25) is 5.02 Å². The Kier molecular flexibility index (Phi) is 10.5. The number of carbonyl (C=O) groups is 1. The molecule has 0 radical (unpaired) electrons. The van der Waals surface area contributed by atoms with Crippen LogP contribution in [0.4, 0.5) is 5.69 Å². The number of aliphatic hydroxyl groups is 1. The van der Waals surface area contributed by atoms with Crippen LogP contribution in [0.5, 0.6) is 0 Å². The van der Waals surface area contributed by atoms with Crippen molar-refractivity contribution in [1.29, 1.82) is 0 Å². The molecule has 11 nitrogen and oxygen atoms in total. The predicted octanol–water partition coefficient (Wildman–Crippen LogP) is 3.59. The summed E-state index contributed by atoms with van der Waals surface area (Å²) in [6.07, 6.45) is 2.92. The van der Waals surface area contributed by atoms with E-state index in [2.05, 4.69) is 10.6 Å². The number of aromatic carboxylic acids is 1. The van der Waals surface area contributed by atoms with Crippen LogP contribution in [-0.4, -0.2) is 81.3 Å². The van der Waals surface area contributed by atoms with Crippen molar-refractivity contribution in [2.75, 3.05) is 51.9 Å². The molecule has 1 aliphatic carbocycles. The van der Waals surface area contributed by atoms with Gasteiger partial charge in [0.2, 0.25) is 5.43 Å². The number of fused-ring (bicyclic) bond motifs is 1. The van der Waals surface area contributed by atoms with Crippen molar-refractivity contribution < 1.29 is 32.3 Å². The molecule has 0 bridgehead atoms.